The summed E-state index contributed by atoms with van der Waals surface area (Å²) in [5.74, 6) is 1.10. The highest BCUT2D eigenvalue weighted by Gasteiger charge is 2.21. The molecule has 0 amide bonds. The van der Waals surface area contributed by atoms with Crippen LogP contribution in [0.25, 0.3) is 0 Å². The maximum atomic E-state index is 5.59. The van der Waals surface area contributed by atoms with Crippen LogP contribution >= 0.6 is 0 Å². The molecule has 1 aromatic heterocycles. The van der Waals surface area contributed by atoms with E-state index in [0.29, 0.717) is 0 Å². The van der Waals surface area contributed by atoms with Crippen LogP contribution in [-0.4, -0.2) is 24.5 Å². The van der Waals surface area contributed by atoms with Crippen molar-refractivity contribution in [3.05, 3.63) is 36.3 Å². The molecule has 0 saturated heterocycles. The predicted octanol–water partition coefficient (Wildman–Crippen LogP) is 2.93. The van der Waals surface area contributed by atoms with E-state index in [-0.39, 0.29) is 0 Å². The van der Waals surface area contributed by atoms with Gasteiger partial charge in [-0.1, -0.05) is 6.08 Å². The summed E-state index contributed by atoms with van der Waals surface area (Å²) in [6.45, 7) is 6.67. The monoisotopic (exact) mass is 248 g/mol. The van der Waals surface area contributed by atoms with Gasteiger partial charge in [-0.2, -0.15) is 0 Å². The van der Waals surface area contributed by atoms with E-state index >= 15 is 0 Å². The van der Waals surface area contributed by atoms with Crippen molar-refractivity contribution >= 4 is 0 Å². The number of rotatable bonds is 9. The molecule has 3 heteroatoms. The normalized spacial score (nSPS) is 15.2. The zero-order chi connectivity index (χ0) is 12.8. The lowest BCUT2D eigenvalue weighted by Gasteiger charge is -2.15. The fourth-order valence-electron chi connectivity index (χ4n) is 2.03. The first-order valence-corrected chi connectivity index (χ1v) is 6.87. The SMILES string of the molecule is C=CCCCN(C)Cc1occc1CNC1CC1. The van der Waals surface area contributed by atoms with E-state index in [2.05, 4.69) is 29.9 Å². The molecule has 0 atom stereocenters. The summed E-state index contributed by atoms with van der Waals surface area (Å²) in [6.07, 6.45) is 8.68. The molecule has 0 aromatic carbocycles. The summed E-state index contributed by atoms with van der Waals surface area (Å²) in [5, 5.41) is 3.53. The number of nitrogens with one attached hydrogen (secondary N) is 1. The molecule has 0 unspecified atom stereocenters. The molecular formula is C15H24N2O. The van der Waals surface area contributed by atoms with E-state index in [0.717, 1.165) is 44.3 Å². The van der Waals surface area contributed by atoms with Gasteiger partial charge in [0, 0.05) is 18.2 Å². The molecule has 0 bridgehead atoms. The summed E-state index contributed by atoms with van der Waals surface area (Å²) in [4.78, 5) is 2.31. The second kappa shape index (κ2) is 6.76. The van der Waals surface area contributed by atoms with Crippen LogP contribution in [0.15, 0.2) is 29.4 Å². The van der Waals surface area contributed by atoms with E-state index in [1.807, 2.05) is 6.08 Å². The van der Waals surface area contributed by atoms with Crippen molar-refractivity contribution in [2.45, 2.75) is 44.8 Å². The number of allylic oxidation sites excluding steroid dienone is 1. The van der Waals surface area contributed by atoms with Crippen LogP contribution in [0.1, 0.15) is 37.0 Å². The average Bonchev–Trinajstić information content (AvgIpc) is 3.08. The van der Waals surface area contributed by atoms with Gasteiger partial charge in [0.05, 0.1) is 12.8 Å². The Morgan fingerprint density at radius 3 is 3.11 bits per heavy atom. The summed E-state index contributed by atoms with van der Waals surface area (Å²) in [5.41, 5.74) is 1.30. The second-order valence-electron chi connectivity index (χ2n) is 5.19. The van der Waals surface area contributed by atoms with Gasteiger partial charge in [-0.15, -0.1) is 6.58 Å². The van der Waals surface area contributed by atoms with Gasteiger partial charge < -0.3 is 9.73 Å². The molecule has 1 aliphatic carbocycles. The van der Waals surface area contributed by atoms with Crippen LogP contribution in [0.3, 0.4) is 0 Å². The minimum absolute atomic E-state index is 0.748. The van der Waals surface area contributed by atoms with Crippen LogP contribution in [0, 0.1) is 0 Å². The van der Waals surface area contributed by atoms with Crippen LogP contribution in [0.4, 0.5) is 0 Å². The Hall–Kier alpha value is -1.06. The number of hydrogen-bond acceptors (Lipinski definition) is 3. The zero-order valence-corrected chi connectivity index (χ0v) is 11.3. The third-order valence-electron chi connectivity index (χ3n) is 3.36. The highest BCUT2D eigenvalue weighted by molar-refractivity contribution is 5.17. The molecule has 2 rings (SSSR count). The topological polar surface area (TPSA) is 28.4 Å². The molecule has 1 N–H and O–H groups in total. The lowest BCUT2D eigenvalue weighted by Crippen LogP contribution is -2.21. The molecule has 100 valence electrons. The van der Waals surface area contributed by atoms with E-state index in [9.17, 15) is 0 Å². The standard InChI is InChI=1S/C15H24N2O/c1-3-4-5-9-17(2)12-15-13(8-10-18-15)11-16-14-6-7-14/h3,8,10,14,16H,1,4-7,9,11-12H2,2H3. The molecular weight excluding hydrogens is 224 g/mol. The minimum Gasteiger partial charge on any atom is -0.468 e. The minimum atomic E-state index is 0.748. The van der Waals surface area contributed by atoms with E-state index in [1.165, 1.54) is 18.4 Å². The quantitative estimate of drug-likeness (QED) is 0.538. The van der Waals surface area contributed by atoms with Gasteiger partial charge in [-0.25, -0.2) is 0 Å². The van der Waals surface area contributed by atoms with E-state index in [1.54, 1.807) is 6.26 Å². The average molecular weight is 248 g/mol. The molecule has 3 nitrogen and oxygen atoms in total. The third-order valence-corrected chi connectivity index (χ3v) is 3.36. The van der Waals surface area contributed by atoms with Gasteiger partial charge in [-0.3, -0.25) is 4.90 Å². The first kappa shape index (κ1) is 13.4. The number of nitrogens with zero attached hydrogens (tertiary/aromatic N) is 1. The van der Waals surface area contributed by atoms with Crippen molar-refractivity contribution in [2.75, 3.05) is 13.6 Å². The highest BCUT2D eigenvalue weighted by Crippen LogP contribution is 2.20. The molecule has 1 aliphatic rings. The third kappa shape index (κ3) is 4.31. The lowest BCUT2D eigenvalue weighted by atomic mass is 10.2. The Bertz CT molecular complexity index is 368. The summed E-state index contributed by atoms with van der Waals surface area (Å²) in [6, 6.07) is 2.83. The van der Waals surface area contributed by atoms with Crippen molar-refractivity contribution in [1.82, 2.24) is 10.2 Å². The van der Waals surface area contributed by atoms with E-state index < -0.39 is 0 Å². The second-order valence-corrected chi connectivity index (χ2v) is 5.19. The molecule has 1 heterocycles. The Labute approximate surface area is 110 Å². The highest BCUT2D eigenvalue weighted by atomic mass is 16.3. The lowest BCUT2D eigenvalue weighted by molar-refractivity contribution is 0.290. The summed E-state index contributed by atoms with van der Waals surface area (Å²) in [7, 11) is 2.14. The Morgan fingerprint density at radius 1 is 1.56 bits per heavy atom. The smallest absolute Gasteiger partial charge is 0.122 e. The molecule has 18 heavy (non-hydrogen) atoms. The molecule has 1 saturated carbocycles. The predicted molar refractivity (Wildman–Crippen MR) is 74.3 cm³/mol. The van der Waals surface area contributed by atoms with Gasteiger partial charge in [-0.05, 0) is 45.3 Å². The number of unbranched alkanes of at least 4 members (excludes halogenated alkanes) is 1. The largest absolute Gasteiger partial charge is 0.468 e. The molecule has 1 fully saturated rings. The van der Waals surface area contributed by atoms with E-state index in [4.69, 9.17) is 4.42 Å². The van der Waals surface area contributed by atoms with Crippen molar-refractivity contribution in [2.24, 2.45) is 0 Å². The first-order valence-electron chi connectivity index (χ1n) is 6.87. The van der Waals surface area contributed by atoms with Crippen molar-refractivity contribution in [3.63, 3.8) is 0 Å². The van der Waals surface area contributed by atoms with Gasteiger partial charge in [0.15, 0.2) is 0 Å². The zero-order valence-electron chi connectivity index (χ0n) is 11.3. The molecule has 1 aromatic rings. The fourth-order valence-corrected chi connectivity index (χ4v) is 2.03. The van der Waals surface area contributed by atoms with Crippen LogP contribution < -0.4 is 5.32 Å². The maximum Gasteiger partial charge on any atom is 0.122 e. The van der Waals surface area contributed by atoms with Gasteiger partial charge in [0.25, 0.3) is 0 Å². The molecule has 0 aliphatic heterocycles. The van der Waals surface area contributed by atoms with Gasteiger partial charge in [0.1, 0.15) is 5.76 Å². The molecule has 0 radical (unpaired) electrons. The molecule has 0 spiro atoms. The van der Waals surface area contributed by atoms with Gasteiger partial charge >= 0.3 is 0 Å². The van der Waals surface area contributed by atoms with Crippen molar-refractivity contribution in [1.29, 1.82) is 0 Å². The number of furan rings is 1. The fraction of sp³-hybridized carbons (Fsp3) is 0.600. The Balaban J connectivity index is 1.76. The Kier molecular flexibility index (Phi) is 5.02. The van der Waals surface area contributed by atoms with Crippen LogP contribution in [-0.2, 0) is 13.1 Å². The number of hydrogen-bond donors (Lipinski definition) is 1. The maximum absolute atomic E-state index is 5.59. The van der Waals surface area contributed by atoms with Crippen LogP contribution in [0.2, 0.25) is 0 Å². The van der Waals surface area contributed by atoms with Crippen molar-refractivity contribution < 1.29 is 4.42 Å². The summed E-state index contributed by atoms with van der Waals surface area (Å²) < 4.78 is 5.59. The summed E-state index contributed by atoms with van der Waals surface area (Å²) >= 11 is 0. The van der Waals surface area contributed by atoms with Crippen LogP contribution in [0.5, 0.6) is 0 Å². The Morgan fingerprint density at radius 2 is 2.39 bits per heavy atom. The van der Waals surface area contributed by atoms with Crippen molar-refractivity contribution in [3.8, 4) is 0 Å². The first-order chi connectivity index (χ1) is 8.79. The van der Waals surface area contributed by atoms with Gasteiger partial charge in [0.2, 0.25) is 0 Å².